The molecule has 3 nitrogen and oxygen atoms in total. The lowest BCUT2D eigenvalue weighted by Crippen LogP contribution is -1.98. The molecule has 284 valence electrons. The molecule has 12 aromatic rings. The van der Waals surface area contributed by atoms with Gasteiger partial charge >= 0.3 is 0 Å². The predicted octanol–water partition coefficient (Wildman–Crippen LogP) is 15.4. The first-order valence-corrected chi connectivity index (χ1v) is 20.8. The molecule has 0 bridgehead atoms. The molecular weight excluding hydrogens is 739 g/mol. The van der Waals surface area contributed by atoms with Crippen LogP contribution in [0.3, 0.4) is 0 Å². The molecule has 10 aromatic carbocycles. The van der Waals surface area contributed by atoms with Crippen molar-refractivity contribution in [1.82, 2.24) is 14.5 Å². The smallest absolute Gasteiger partial charge is 0.160 e. The molecule has 0 fully saturated rings. The highest BCUT2D eigenvalue weighted by Gasteiger charge is 2.20. The molecule has 0 radical (unpaired) electrons. The zero-order valence-electron chi connectivity index (χ0n) is 33.2. The molecule has 0 amide bonds. The van der Waals surface area contributed by atoms with Crippen LogP contribution in [0.4, 0.5) is 0 Å². The van der Waals surface area contributed by atoms with E-state index in [4.69, 9.17) is 9.97 Å². The molecule has 2 heterocycles. The highest BCUT2D eigenvalue weighted by atomic mass is 15.0. The van der Waals surface area contributed by atoms with Crippen molar-refractivity contribution in [1.29, 1.82) is 0 Å². The van der Waals surface area contributed by atoms with E-state index in [1.54, 1.807) is 0 Å². The summed E-state index contributed by atoms with van der Waals surface area (Å²) in [6.07, 6.45) is 0. The number of aromatic nitrogens is 3. The minimum atomic E-state index is 0.710. The average molecular weight is 776 g/mol. The van der Waals surface area contributed by atoms with Gasteiger partial charge in [-0.1, -0.05) is 188 Å². The molecule has 0 aliphatic heterocycles. The Morgan fingerprint density at radius 2 is 0.705 bits per heavy atom. The SMILES string of the molecule is c1ccc(-c2ccc3c(c2)c2ccccc2n3-c2cc(-c3ccc(-c4cc(-c5ccccc5)nc(-c5ccccc5)n4)cc3)cc3c4ccccc4c4ccccc4c23)cc1. The van der Waals surface area contributed by atoms with Crippen LogP contribution in [-0.2, 0) is 0 Å². The van der Waals surface area contributed by atoms with Crippen molar-refractivity contribution in [2.75, 3.05) is 0 Å². The fraction of sp³-hybridized carbons (Fsp3) is 0. The van der Waals surface area contributed by atoms with Crippen LogP contribution in [0.2, 0.25) is 0 Å². The number of para-hydroxylation sites is 1. The van der Waals surface area contributed by atoms with E-state index in [-0.39, 0.29) is 0 Å². The fourth-order valence-corrected chi connectivity index (χ4v) is 9.30. The maximum absolute atomic E-state index is 5.12. The van der Waals surface area contributed by atoms with E-state index >= 15 is 0 Å². The Bertz CT molecular complexity index is 3550. The molecule has 0 N–H and O–H groups in total. The van der Waals surface area contributed by atoms with Gasteiger partial charge in [-0.15, -0.1) is 0 Å². The van der Waals surface area contributed by atoms with Gasteiger partial charge in [0.1, 0.15) is 0 Å². The van der Waals surface area contributed by atoms with Gasteiger partial charge in [0.2, 0.25) is 0 Å². The normalized spacial score (nSPS) is 11.6. The van der Waals surface area contributed by atoms with Gasteiger partial charge in [-0.2, -0.15) is 0 Å². The summed E-state index contributed by atoms with van der Waals surface area (Å²) in [5.41, 5.74) is 13.1. The van der Waals surface area contributed by atoms with Gasteiger partial charge < -0.3 is 4.57 Å². The van der Waals surface area contributed by atoms with Crippen molar-refractivity contribution in [2.24, 2.45) is 0 Å². The summed E-state index contributed by atoms with van der Waals surface area (Å²) in [5, 5.41) is 9.94. The van der Waals surface area contributed by atoms with E-state index in [2.05, 4.69) is 205 Å². The summed E-state index contributed by atoms with van der Waals surface area (Å²) in [7, 11) is 0. The Morgan fingerprint density at radius 1 is 0.262 bits per heavy atom. The molecule has 3 heteroatoms. The highest BCUT2D eigenvalue weighted by Crippen LogP contribution is 2.44. The van der Waals surface area contributed by atoms with Crippen LogP contribution in [0.25, 0.3) is 116 Å². The van der Waals surface area contributed by atoms with E-state index < -0.39 is 0 Å². The van der Waals surface area contributed by atoms with Crippen molar-refractivity contribution in [2.45, 2.75) is 0 Å². The third-order valence-corrected chi connectivity index (χ3v) is 12.2. The van der Waals surface area contributed by atoms with Gasteiger partial charge in [0, 0.05) is 32.8 Å². The summed E-state index contributed by atoms with van der Waals surface area (Å²) in [4.78, 5) is 10.1. The van der Waals surface area contributed by atoms with Crippen LogP contribution in [0, 0.1) is 0 Å². The Kier molecular flexibility index (Phi) is 8.17. The maximum Gasteiger partial charge on any atom is 0.160 e. The number of rotatable bonds is 6. The first-order chi connectivity index (χ1) is 30.2. The lowest BCUT2D eigenvalue weighted by molar-refractivity contribution is 1.18. The Balaban J connectivity index is 1.09. The molecule has 0 saturated heterocycles. The fourth-order valence-electron chi connectivity index (χ4n) is 9.30. The third-order valence-electron chi connectivity index (χ3n) is 12.2. The summed E-state index contributed by atoms with van der Waals surface area (Å²) in [5.74, 6) is 0.710. The molecule has 0 spiro atoms. The van der Waals surface area contributed by atoms with Crippen LogP contribution in [0.1, 0.15) is 0 Å². The lowest BCUT2D eigenvalue weighted by Gasteiger charge is -2.19. The minimum absolute atomic E-state index is 0.710. The van der Waals surface area contributed by atoms with Gasteiger partial charge in [0.25, 0.3) is 0 Å². The van der Waals surface area contributed by atoms with Gasteiger partial charge in [0.15, 0.2) is 5.82 Å². The number of nitrogens with zero attached hydrogens (tertiary/aromatic N) is 3. The van der Waals surface area contributed by atoms with Crippen molar-refractivity contribution in [3.05, 3.63) is 224 Å². The predicted molar refractivity (Wildman–Crippen MR) is 256 cm³/mol. The van der Waals surface area contributed by atoms with Crippen LogP contribution in [-0.4, -0.2) is 14.5 Å². The molecule has 0 aliphatic rings. The highest BCUT2D eigenvalue weighted by molar-refractivity contribution is 6.28. The second kappa shape index (κ2) is 14.3. The Morgan fingerprint density at radius 3 is 1.38 bits per heavy atom. The number of fused-ring (bicyclic) bond motifs is 9. The minimum Gasteiger partial charge on any atom is -0.309 e. The molecule has 0 aliphatic carbocycles. The van der Waals surface area contributed by atoms with Crippen LogP contribution >= 0.6 is 0 Å². The standard InChI is InChI=1S/C58H37N3/c1-4-16-38(17-5-1)43-32-33-55-50(34-43)48-25-14-15-27-54(48)61(55)56-36-44(35-51-47-24-11-10-22-45(47)46-23-12-13-26-49(46)57(51)56)39-28-30-41(31-29-39)53-37-52(40-18-6-2-7-19-40)59-58(60-53)42-20-8-3-9-21-42/h1-37H. The number of hydrogen-bond acceptors (Lipinski definition) is 2. The van der Waals surface area contributed by atoms with Gasteiger partial charge in [-0.25, -0.2) is 9.97 Å². The lowest BCUT2D eigenvalue weighted by atomic mass is 9.90. The van der Waals surface area contributed by atoms with Crippen molar-refractivity contribution in [3.8, 4) is 61.8 Å². The van der Waals surface area contributed by atoms with Gasteiger partial charge in [-0.3, -0.25) is 0 Å². The zero-order chi connectivity index (χ0) is 40.3. The maximum atomic E-state index is 5.12. The molecule has 0 atom stereocenters. The van der Waals surface area contributed by atoms with Crippen molar-refractivity contribution < 1.29 is 0 Å². The van der Waals surface area contributed by atoms with E-state index in [0.717, 1.165) is 44.9 Å². The van der Waals surface area contributed by atoms with Crippen LogP contribution in [0.5, 0.6) is 0 Å². The quantitative estimate of drug-likeness (QED) is 0.158. The molecule has 12 rings (SSSR count). The number of hydrogen-bond donors (Lipinski definition) is 0. The van der Waals surface area contributed by atoms with Crippen LogP contribution < -0.4 is 0 Å². The van der Waals surface area contributed by atoms with Gasteiger partial charge in [0.05, 0.1) is 28.1 Å². The second-order valence-corrected chi connectivity index (χ2v) is 15.7. The summed E-state index contributed by atoms with van der Waals surface area (Å²) < 4.78 is 2.50. The average Bonchev–Trinajstić information content (AvgIpc) is 3.68. The van der Waals surface area contributed by atoms with Crippen LogP contribution in [0.15, 0.2) is 224 Å². The number of benzene rings is 10. The first kappa shape index (κ1) is 34.9. The summed E-state index contributed by atoms with van der Waals surface area (Å²) in [6, 6.07) is 80.6. The van der Waals surface area contributed by atoms with E-state index in [0.29, 0.717) is 5.82 Å². The van der Waals surface area contributed by atoms with Crippen molar-refractivity contribution in [3.63, 3.8) is 0 Å². The molecular formula is C58H37N3. The third kappa shape index (κ3) is 5.90. The molecule has 61 heavy (non-hydrogen) atoms. The monoisotopic (exact) mass is 775 g/mol. The Labute approximate surface area is 353 Å². The molecule has 0 unspecified atom stereocenters. The summed E-state index contributed by atoms with van der Waals surface area (Å²) >= 11 is 0. The second-order valence-electron chi connectivity index (χ2n) is 15.7. The first-order valence-electron chi connectivity index (χ1n) is 20.8. The van der Waals surface area contributed by atoms with Gasteiger partial charge in [-0.05, 0) is 85.6 Å². The van der Waals surface area contributed by atoms with Crippen molar-refractivity contribution >= 4 is 54.1 Å². The van der Waals surface area contributed by atoms with E-state index in [9.17, 15) is 0 Å². The largest absolute Gasteiger partial charge is 0.309 e. The molecule has 0 saturated carbocycles. The summed E-state index contributed by atoms with van der Waals surface area (Å²) in [6.45, 7) is 0. The van der Waals surface area contributed by atoms with E-state index in [1.165, 1.54) is 65.3 Å². The molecule has 2 aromatic heterocycles. The zero-order valence-corrected chi connectivity index (χ0v) is 33.2. The Hall–Kier alpha value is -8.14. The topological polar surface area (TPSA) is 30.7 Å². The van der Waals surface area contributed by atoms with E-state index in [1.807, 2.05) is 24.3 Å².